The zero-order valence-electron chi connectivity index (χ0n) is 10.3. The molecule has 0 amide bonds. The highest BCUT2D eigenvalue weighted by Crippen LogP contribution is 2.21. The highest BCUT2D eigenvalue weighted by Gasteiger charge is 1.98. The third-order valence-electron chi connectivity index (χ3n) is 2.53. The van der Waals surface area contributed by atoms with Crippen molar-refractivity contribution in [3.05, 3.63) is 28.8 Å². The van der Waals surface area contributed by atoms with E-state index in [0.29, 0.717) is 0 Å². The largest absolute Gasteiger partial charge is 0.494 e. The van der Waals surface area contributed by atoms with Gasteiger partial charge in [0.05, 0.1) is 26.3 Å². The molecule has 17 heavy (non-hydrogen) atoms. The van der Waals surface area contributed by atoms with Crippen LogP contribution in [0.15, 0.2) is 18.2 Å². The maximum atomic E-state index is 8.60. The van der Waals surface area contributed by atoms with Crippen LogP contribution in [-0.4, -0.2) is 31.4 Å². The Bertz CT molecular complexity index is 331. The molecule has 0 bridgehead atoms. The molecule has 3 N–H and O–H groups in total. The molecule has 0 radical (unpaired) electrons. The second-order valence-electron chi connectivity index (χ2n) is 4.06. The van der Waals surface area contributed by atoms with Crippen LogP contribution in [0.4, 0.5) is 0 Å². The Morgan fingerprint density at radius 3 is 2.82 bits per heavy atom. The summed E-state index contributed by atoms with van der Waals surface area (Å²) in [7, 11) is 0. The number of rotatable bonds is 8. The smallest absolute Gasteiger partial charge is 0.119 e. The Labute approximate surface area is 108 Å². The summed E-state index contributed by atoms with van der Waals surface area (Å²) >= 11 is 5.93. The highest BCUT2D eigenvalue weighted by molar-refractivity contribution is 6.31. The Morgan fingerprint density at radius 1 is 1.29 bits per heavy atom. The van der Waals surface area contributed by atoms with E-state index in [1.807, 2.05) is 25.1 Å². The quantitative estimate of drug-likeness (QED) is 0.692. The topological polar surface area (TPSA) is 46.1 Å². The van der Waals surface area contributed by atoms with Crippen molar-refractivity contribution in [1.29, 1.82) is 0 Å². The molecule has 0 atom stereocenters. The standard InChI is InChI=1S/C13H20ClNO2/c1-11-10-12(4-5-13(11)14)17-9-3-2-6-15-7-8-16/h4-5,10,15-16H,2-3,6-9H2,1H3/p+1. The van der Waals surface area contributed by atoms with Gasteiger partial charge in [-0.3, -0.25) is 0 Å². The molecule has 96 valence electrons. The highest BCUT2D eigenvalue weighted by atomic mass is 35.5. The monoisotopic (exact) mass is 258 g/mol. The van der Waals surface area contributed by atoms with Crippen LogP contribution in [0.3, 0.4) is 0 Å². The van der Waals surface area contributed by atoms with Crippen molar-refractivity contribution >= 4 is 11.6 Å². The second kappa shape index (κ2) is 8.34. The third kappa shape index (κ3) is 5.91. The fourth-order valence-electron chi connectivity index (χ4n) is 1.52. The lowest BCUT2D eigenvalue weighted by molar-refractivity contribution is -0.656. The number of aliphatic hydroxyl groups is 1. The molecule has 0 aliphatic heterocycles. The van der Waals surface area contributed by atoms with E-state index in [1.54, 1.807) is 0 Å². The molecule has 0 fully saturated rings. The van der Waals surface area contributed by atoms with Gasteiger partial charge in [0.1, 0.15) is 5.75 Å². The van der Waals surface area contributed by atoms with Gasteiger partial charge in [-0.2, -0.15) is 0 Å². The zero-order chi connectivity index (χ0) is 12.5. The molecule has 1 aromatic carbocycles. The molecule has 3 nitrogen and oxygen atoms in total. The maximum absolute atomic E-state index is 8.60. The van der Waals surface area contributed by atoms with Crippen LogP contribution >= 0.6 is 11.6 Å². The van der Waals surface area contributed by atoms with E-state index in [0.717, 1.165) is 48.9 Å². The molecule has 0 spiro atoms. The number of hydrogen-bond donors (Lipinski definition) is 2. The number of aliphatic hydroxyl groups excluding tert-OH is 1. The van der Waals surface area contributed by atoms with Crippen molar-refractivity contribution in [3.8, 4) is 5.75 Å². The summed E-state index contributed by atoms with van der Waals surface area (Å²) in [5, 5.41) is 11.5. The molecule has 0 saturated carbocycles. The van der Waals surface area contributed by atoms with E-state index in [1.165, 1.54) is 0 Å². The number of aryl methyl sites for hydroxylation is 1. The predicted octanol–water partition coefficient (Wildman–Crippen LogP) is 1.36. The first kappa shape index (κ1) is 14.3. The summed E-state index contributed by atoms with van der Waals surface area (Å²) in [4.78, 5) is 0. The molecule has 0 aliphatic rings. The summed E-state index contributed by atoms with van der Waals surface area (Å²) in [5.41, 5.74) is 1.04. The zero-order valence-corrected chi connectivity index (χ0v) is 11.0. The lowest BCUT2D eigenvalue weighted by Gasteiger charge is -2.07. The molecular weight excluding hydrogens is 238 g/mol. The molecule has 1 aromatic rings. The average molecular weight is 259 g/mol. The lowest BCUT2D eigenvalue weighted by Crippen LogP contribution is -2.85. The number of hydrogen-bond acceptors (Lipinski definition) is 2. The lowest BCUT2D eigenvalue weighted by atomic mass is 10.2. The van der Waals surface area contributed by atoms with Gasteiger partial charge in [0, 0.05) is 5.02 Å². The van der Waals surface area contributed by atoms with E-state index in [4.69, 9.17) is 21.4 Å². The van der Waals surface area contributed by atoms with E-state index < -0.39 is 0 Å². The number of quaternary nitrogens is 1. The first-order chi connectivity index (χ1) is 8.24. The van der Waals surface area contributed by atoms with Gasteiger partial charge in [-0.05, 0) is 43.5 Å². The summed E-state index contributed by atoms with van der Waals surface area (Å²) in [6.07, 6.45) is 2.14. The van der Waals surface area contributed by atoms with E-state index in [-0.39, 0.29) is 6.61 Å². The summed E-state index contributed by atoms with van der Waals surface area (Å²) in [6.45, 7) is 4.79. The van der Waals surface area contributed by atoms with Crippen molar-refractivity contribution in [2.24, 2.45) is 0 Å². The van der Waals surface area contributed by atoms with Gasteiger partial charge >= 0.3 is 0 Å². The summed E-state index contributed by atoms with van der Waals surface area (Å²) in [5.74, 6) is 0.881. The van der Waals surface area contributed by atoms with Gasteiger partial charge in [0.25, 0.3) is 0 Å². The van der Waals surface area contributed by atoms with E-state index in [9.17, 15) is 0 Å². The number of unbranched alkanes of at least 4 members (excludes halogenated alkanes) is 1. The number of halogens is 1. The van der Waals surface area contributed by atoms with Gasteiger partial charge in [-0.1, -0.05) is 11.6 Å². The van der Waals surface area contributed by atoms with E-state index >= 15 is 0 Å². The van der Waals surface area contributed by atoms with Crippen LogP contribution in [0, 0.1) is 6.92 Å². The molecule has 0 unspecified atom stereocenters. The molecular formula is C13H21ClNO2+. The Kier molecular flexibility index (Phi) is 7.01. The second-order valence-corrected chi connectivity index (χ2v) is 4.46. The van der Waals surface area contributed by atoms with Crippen LogP contribution in [-0.2, 0) is 0 Å². The van der Waals surface area contributed by atoms with Gasteiger partial charge in [-0.25, -0.2) is 0 Å². The van der Waals surface area contributed by atoms with Crippen LogP contribution in [0.1, 0.15) is 18.4 Å². The van der Waals surface area contributed by atoms with Gasteiger partial charge < -0.3 is 15.2 Å². The summed E-state index contributed by atoms with van der Waals surface area (Å²) in [6, 6.07) is 5.72. The van der Waals surface area contributed by atoms with Crippen molar-refractivity contribution in [2.75, 3.05) is 26.3 Å². The Morgan fingerprint density at radius 2 is 2.12 bits per heavy atom. The molecule has 0 aliphatic carbocycles. The number of ether oxygens (including phenoxy) is 1. The number of benzene rings is 1. The van der Waals surface area contributed by atoms with E-state index in [2.05, 4.69) is 5.32 Å². The maximum Gasteiger partial charge on any atom is 0.119 e. The first-order valence-corrected chi connectivity index (χ1v) is 6.43. The van der Waals surface area contributed by atoms with Crippen LogP contribution in [0.2, 0.25) is 5.02 Å². The van der Waals surface area contributed by atoms with Crippen LogP contribution in [0.5, 0.6) is 5.75 Å². The molecule has 0 heterocycles. The Hall–Kier alpha value is -0.770. The SMILES string of the molecule is Cc1cc(OCCCC[NH2+]CCO)ccc1Cl. The van der Waals surface area contributed by atoms with Gasteiger partial charge in [0.15, 0.2) is 0 Å². The molecule has 1 rings (SSSR count). The number of nitrogens with two attached hydrogens (primary N) is 1. The minimum absolute atomic E-state index is 0.251. The molecule has 0 saturated heterocycles. The minimum Gasteiger partial charge on any atom is -0.494 e. The van der Waals surface area contributed by atoms with Crippen molar-refractivity contribution in [1.82, 2.24) is 0 Å². The minimum atomic E-state index is 0.251. The Balaban J connectivity index is 2.11. The third-order valence-corrected chi connectivity index (χ3v) is 2.96. The van der Waals surface area contributed by atoms with Crippen molar-refractivity contribution in [2.45, 2.75) is 19.8 Å². The van der Waals surface area contributed by atoms with Crippen molar-refractivity contribution < 1.29 is 15.2 Å². The van der Waals surface area contributed by atoms with Crippen LogP contribution in [0.25, 0.3) is 0 Å². The first-order valence-electron chi connectivity index (χ1n) is 6.05. The fraction of sp³-hybridized carbons (Fsp3) is 0.538. The van der Waals surface area contributed by atoms with Gasteiger partial charge in [0.2, 0.25) is 0 Å². The average Bonchev–Trinajstić information content (AvgIpc) is 2.32. The van der Waals surface area contributed by atoms with Gasteiger partial charge in [-0.15, -0.1) is 0 Å². The van der Waals surface area contributed by atoms with Crippen molar-refractivity contribution in [3.63, 3.8) is 0 Å². The molecule has 4 heteroatoms. The summed E-state index contributed by atoms with van der Waals surface area (Å²) < 4.78 is 5.63. The van der Waals surface area contributed by atoms with Crippen LogP contribution < -0.4 is 10.1 Å². The fourth-order valence-corrected chi connectivity index (χ4v) is 1.64. The molecule has 0 aromatic heterocycles. The predicted molar refractivity (Wildman–Crippen MR) is 69.7 cm³/mol. The normalized spacial score (nSPS) is 10.5.